The van der Waals surface area contributed by atoms with E-state index in [1.165, 1.54) is 6.20 Å². The molecule has 5 heteroatoms. The maximum Gasteiger partial charge on any atom is 0.343 e. The molecular weight excluding hydrogens is 282 g/mol. The molecular formula is C17H23NO4. The summed E-state index contributed by atoms with van der Waals surface area (Å²) in [6.45, 7) is 2.65. The van der Waals surface area contributed by atoms with Crippen LogP contribution in [0.3, 0.4) is 0 Å². The van der Waals surface area contributed by atoms with Crippen LogP contribution in [0.5, 0.6) is 0 Å². The predicted octanol–water partition coefficient (Wildman–Crippen LogP) is 2.17. The van der Waals surface area contributed by atoms with Crippen LogP contribution in [0.2, 0.25) is 0 Å². The highest BCUT2D eigenvalue weighted by Gasteiger charge is 2.19. The van der Waals surface area contributed by atoms with E-state index in [9.17, 15) is 9.59 Å². The molecule has 1 rings (SSSR count). The Morgan fingerprint density at radius 1 is 1.18 bits per heavy atom. The lowest BCUT2D eigenvalue weighted by Gasteiger charge is -2.11. The lowest BCUT2D eigenvalue weighted by atomic mass is 10.1. The fourth-order valence-corrected chi connectivity index (χ4v) is 1.77. The Balaban J connectivity index is 2.48. The van der Waals surface area contributed by atoms with Gasteiger partial charge in [0.05, 0.1) is 19.8 Å². The number of ketones is 1. The summed E-state index contributed by atoms with van der Waals surface area (Å²) in [7, 11) is 3.50. The molecule has 0 aliphatic heterocycles. The van der Waals surface area contributed by atoms with E-state index in [2.05, 4.69) is 0 Å². The minimum Gasteiger partial charge on any atom is -0.462 e. The van der Waals surface area contributed by atoms with E-state index in [0.29, 0.717) is 6.61 Å². The summed E-state index contributed by atoms with van der Waals surface area (Å²) in [5.74, 6) is -0.871. The Labute approximate surface area is 131 Å². The van der Waals surface area contributed by atoms with Crippen molar-refractivity contribution in [1.82, 2.24) is 4.90 Å². The third-order valence-electron chi connectivity index (χ3n) is 2.77. The molecule has 0 saturated heterocycles. The SMILES string of the molecule is CCOC(=O)C(=CN(C)C)C(=O)CCOCc1ccccc1. The Morgan fingerprint density at radius 2 is 1.86 bits per heavy atom. The van der Waals surface area contributed by atoms with Gasteiger partial charge in [0.1, 0.15) is 5.57 Å². The Morgan fingerprint density at radius 3 is 2.45 bits per heavy atom. The first-order chi connectivity index (χ1) is 10.5. The second kappa shape index (κ2) is 9.73. The van der Waals surface area contributed by atoms with E-state index in [0.717, 1.165) is 5.56 Å². The number of Topliss-reactive ketones (excluding diaryl/α,β-unsaturated/α-hetero) is 1. The molecule has 22 heavy (non-hydrogen) atoms. The highest BCUT2D eigenvalue weighted by molar-refractivity contribution is 6.17. The molecule has 0 heterocycles. The van der Waals surface area contributed by atoms with E-state index >= 15 is 0 Å². The molecule has 0 aromatic heterocycles. The molecule has 0 spiro atoms. The van der Waals surface area contributed by atoms with Crippen molar-refractivity contribution in [1.29, 1.82) is 0 Å². The van der Waals surface area contributed by atoms with Crippen molar-refractivity contribution >= 4 is 11.8 Å². The van der Waals surface area contributed by atoms with E-state index in [4.69, 9.17) is 9.47 Å². The molecule has 0 unspecified atom stereocenters. The zero-order valence-electron chi connectivity index (χ0n) is 13.4. The summed E-state index contributed by atoms with van der Waals surface area (Å²) in [5, 5.41) is 0. The number of rotatable bonds is 9. The van der Waals surface area contributed by atoms with Crippen molar-refractivity contribution in [2.75, 3.05) is 27.3 Å². The molecule has 120 valence electrons. The summed E-state index contributed by atoms with van der Waals surface area (Å²) < 4.78 is 10.4. The first-order valence-corrected chi connectivity index (χ1v) is 7.24. The van der Waals surface area contributed by atoms with Gasteiger partial charge in [0.25, 0.3) is 0 Å². The summed E-state index contributed by atoms with van der Waals surface area (Å²) in [5.41, 5.74) is 1.10. The third kappa shape index (κ3) is 6.54. The zero-order valence-corrected chi connectivity index (χ0v) is 13.4. The van der Waals surface area contributed by atoms with Crippen LogP contribution in [-0.4, -0.2) is 44.0 Å². The zero-order chi connectivity index (χ0) is 16.4. The molecule has 0 aliphatic rings. The molecule has 0 fully saturated rings. The molecule has 0 bridgehead atoms. The average Bonchev–Trinajstić information content (AvgIpc) is 2.50. The van der Waals surface area contributed by atoms with Gasteiger partial charge < -0.3 is 14.4 Å². The molecule has 0 amide bonds. The molecule has 1 aromatic rings. The first-order valence-electron chi connectivity index (χ1n) is 7.24. The van der Waals surface area contributed by atoms with Crippen LogP contribution in [0.4, 0.5) is 0 Å². The lowest BCUT2D eigenvalue weighted by molar-refractivity contribution is -0.140. The lowest BCUT2D eigenvalue weighted by Crippen LogP contribution is -2.20. The number of carbonyl (C=O) groups excluding carboxylic acids is 2. The number of nitrogens with zero attached hydrogens (tertiary/aromatic N) is 1. The van der Waals surface area contributed by atoms with Crippen LogP contribution < -0.4 is 0 Å². The van der Waals surface area contributed by atoms with E-state index < -0.39 is 5.97 Å². The minimum atomic E-state index is -0.593. The van der Waals surface area contributed by atoms with Gasteiger partial charge in [-0.05, 0) is 12.5 Å². The summed E-state index contributed by atoms with van der Waals surface area (Å²) >= 11 is 0. The topological polar surface area (TPSA) is 55.8 Å². The van der Waals surface area contributed by atoms with Crippen LogP contribution in [0.15, 0.2) is 42.1 Å². The third-order valence-corrected chi connectivity index (χ3v) is 2.77. The van der Waals surface area contributed by atoms with Gasteiger partial charge in [-0.15, -0.1) is 0 Å². The molecule has 0 radical (unpaired) electrons. The molecule has 0 N–H and O–H groups in total. The fraction of sp³-hybridized carbons (Fsp3) is 0.412. The van der Waals surface area contributed by atoms with Crippen molar-refractivity contribution in [3.8, 4) is 0 Å². The number of hydrogen-bond acceptors (Lipinski definition) is 5. The predicted molar refractivity (Wildman–Crippen MR) is 84.1 cm³/mol. The molecule has 5 nitrogen and oxygen atoms in total. The van der Waals surface area contributed by atoms with Crippen molar-refractivity contribution in [3.63, 3.8) is 0 Å². The number of carbonyl (C=O) groups is 2. The van der Waals surface area contributed by atoms with Crippen LogP contribution in [0.25, 0.3) is 0 Å². The summed E-state index contributed by atoms with van der Waals surface area (Å²) in [6, 6.07) is 9.71. The van der Waals surface area contributed by atoms with Crippen molar-refractivity contribution in [3.05, 3.63) is 47.7 Å². The Hall–Kier alpha value is -2.14. The Kier molecular flexibility index (Phi) is 7.92. The van der Waals surface area contributed by atoms with Crippen LogP contribution in [0.1, 0.15) is 18.9 Å². The van der Waals surface area contributed by atoms with Crippen LogP contribution in [-0.2, 0) is 25.7 Å². The highest BCUT2D eigenvalue weighted by Crippen LogP contribution is 2.06. The standard InChI is InChI=1S/C17H23NO4/c1-4-22-17(20)15(12-18(2)3)16(19)10-11-21-13-14-8-6-5-7-9-14/h5-9,12H,4,10-11,13H2,1-3H3. The smallest absolute Gasteiger partial charge is 0.343 e. The van der Waals surface area contributed by atoms with Gasteiger partial charge in [-0.25, -0.2) is 4.79 Å². The molecule has 0 aliphatic carbocycles. The highest BCUT2D eigenvalue weighted by atomic mass is 16.5. The molecule has 0 saturated carbocycles. The number of ether oxygens (including phenoxy) is 2. The second-order valence-electron chi connectivity index (χ2n) is 4.94. The molecule has 1 aromatic carbocycles. The van der Waals surface area contributed by atoms with E-state index in [-0.39, 0.29) is 31.0 Å². The van der Waals surface area contributed by atoms with Gasteiger partial charge in [-0.3, -0.25) is 4.79 Å². The van der Waals surface area contributed by atoms with Gasteiger partial charge in [0.15, 0.2) is 5.78 Å². The van der Waals surface area contributed by atoms with Gasteiger partial charge in [-0.1, -0.05) is 30.3 Å². The fourth-order valence-electron chi connectivity index (χ4n) is 1.77. The second-order valence-corrected chi connectivity index (χ2v) is 4.94. The van der Waals surface area contributed by atoms with Crippen molar-refractivity contribution in [2.24, 2.45) is 0 Å². The monoisotopic (exact) mass is 305 g/mol. The van der Waals surface area contributed by atoms with Crippen molar-refractivity contribution in [2.45, 2.75) is 20.0 Å². The van der Waals surface area contributed by atoms with E-state index in [1.807, 2.05) is 30.3 Å². The van der Waals surface area contributed by atoms with Crippen LogP contribution >= 0.6 is 0 Å². The normalized spacial score (nSPS) is 11.1. The first kappa shape index (κ1) is 17.9. The average molecular weight is 305 g/mol. The largest absolute Gasteiger partial charge is 0.462 e. The van der Waals surface area contributed by atoms with Crippen molar-refractivity contribution < 1.29 is 19.1 Å². The Bertz CT molecular complexity index is 509. The quantitative estimate of drug-likeness (QED) is 0.230. The maximum atomic E-state index is 12.1. The van der Waals surface area contributed by atoms with Gasteiger partial charge in [0.2, 0.25) is 0 Å². The maximum absolute atomic E-state index is 12.1. The summed E-state index contributed by atoms with van der Waals surface area (Å²) in [4.78, 5) is 25.6. The van der Waals surface area contributed by atoms with Gasteiger partial charge in [-0.2, -0.15) is 0 Å². The van der Waals surface area contributed by atoms with Gasteiger partial charge in [0, 0.05) is 26.7 Å². The van der Waals surface area contributed by atoms with Gasteiger partial charge >= 0.3 is 5.97 Å². The summed E-state index contributed by atoms with van der Waals surface area (Å²) in [6.07, 6.45) is 1.63. The van der Waals surface area contributed by atoms with E-state index in [1.54, 1.807) is 25.9 Å². The molecule has 0 atom stereocenters. The number of esters is 1. The number of benzene rings is 1. The number of hydrogen-bond donors (Lipinski definition) is 0. The van der Waals surface area contributed by atoms with Crippen LogP contribution in [0, 0.1) is 0 Å². The minimum absolute atomic E-state index is 0.0511.